The molecule has 1 aromatic carbocycles. The monoisotopic (exact) mass is 235 g/mol. The first-order valence-electron chi connectivity index (χ1n) is 5.05. The van der Waals surface area contributed by atoms with Crippen LogP contribution in [-0.4, -0.2) is 9.97 Å². The molecular formula is C12H11F2N3. The molecule has 0 spiro atoms. The highest BCUT2D eigenvalue weighted by molar-refractivity contribution is 5.74. The highest BCUT2D eigenvalue weighted by atomic mass is 19.1. The lowest BCUT2D eigenvalue weighted by Gasteiger charge is -2.09. The van der Waals surface area contributed by atoms with E-state index in [1.54, 1.807) is 13.8 Å². The maximum atomic E-state index is 13.6. The van der Waals surface area contributed by atoms with Crippen LogP contribution in [0.4, 0.5) is 14.5 Å². The smallest absolute Gasteiger partial charge is 0.135 e. The molecule has 3 nitrogen and oxygen atoms in total. The first-order chi connectivity index (χ1) is 7.99. The zero-order valence-corrected chi connectivity index (χ0v) is 9.46. The van der Waals surface area contributed by atoms with Crippen LogP contribution in [0.3, 0.4) is 0 Å². The van der Waals surface area contributed by atoms with E-state index in [0.717, 1.165) is 6.07 Å². The summed E-state index contributed by atoms with van der Waals surface area (Å²) >= 11 is 0. The minimum absolute atomic E-state index is 0.178. The van der Waals surface area contributed by atoms with Crippen molar-refractivity contribution < 1.29 is 8.78 Å². The zero-order chi connectivity index (χ0) is 12.6. The maximum absolute atomic E-state index is 13.6. The quantitative estimate of drug-likeness (QED) is 0.826. The molecule has 0 saturated heterocycles. The van der Waals surface area contributed by atoms with Crippen LogP contribution in [-0.2, 0) is 0 Å². The van der Waals surface area contributed by atoms with E-state index in [1.165, 1.54) is 12.1 Å². The Morgan fingerprint density at radius 3 is 2.47 bits per heavy atom. The van der Waals surface area contributed by atoms with Crippen molar-refractivity contribution in [3.63, 3.8) is 0 Å². The van der Waals surface area contributed by atoms with Crippen LogP contribution in [0.1, 0.15) is 11.5 Å². The number of aromatic nitrogens is 2. The van der Waals surface area contributed by atoms with Crippen LogP contribution in [0.25, 0.3) is 11.3 Å². The van der Waals surface area contributed by atoms with Gasteiger partial charge in [-0.2, -0.15) is 0 Å². The second-order valence-corrected chi connectivity index (χ2v) is 3.74. The summed E-state index contributed by atoms with van der Waals surface area (Å²) in [5, 5.41) is 0. The van der Waals surface area contributed by atoms with E-state index in [9.17, 15) is 8.78 Å². The highest BCUT2D eigenvalue weighted by Crippen LogP contribution is 2.28. The number of rotatable bonds is 1. The molecule has 0 aliphatic carbocycles. The average molecular weight is 235 g/mol. The van der Waals surface area contributed by atoms with Crippen LogP contribution in [0.2, 0.25) is 0 Å². The van der Waals surface area contributed by atoms with E-state index < -0.39 is 11.6 Å². The van der Waals surface area contributed by atoms with Crippen LogP contribution in [0.15, 0.2) is 18.2 Å². The molecule has 0 aliphatic rings. The molecule has 88 valence electrons. The van der Waals surface area contributed by atoms with Crippen LogP contribution in [0.5, 0.6) is 0 Å². The number of benzene rings is 1. The molecule has 2 rings (SSSR count). The van der Waals surface area contributed by atoms with Gasteiger partial charge in [-0.25, -0.2) is 18.7 Å². The fourth-order valence-electron chi connectivity index (χ4n) is 1.61. The number of nitrogens with zero attached hydrogens (tertiary/aromatic N) is 2. The Balaban J connectivity index is 2.68. The van der Waals surface area contributed by atoms with E-state index >= 15 is 0 Å². The Hall–Kier alpha value is -2.04. The molecule has 2 aromatic rings. The molecule has 1 aromatic heterocycles. The van der Waals surface area contributed by atoms with Crippen LogP contribution >= 0.6 is 0 Å². The van der Waals surface area contributed by atoms with Crippen LogP contribution < -0.4 is 5.73 Å². The number of aryl methyl sites for hydroxylation is 2. The van der Waals surface area contributed by atoms with Crippen molar-refractivity contribution in [1.29, 1.82) is 0 Å². The van der Waals surface area contributed by atoms with Gasteiger partial charge < -0.3 is 5.73 Å². The third kappa shape index (κ3) is 2.08. The standard InChI is InChI=1S/C12H11F2N3/c1-6-11(15)12(17-7(2)16-6)9-4-3-8(13)5-10(9)14/h3-5H,15H2,1-2H3. The summed E-state index contributed by atoms with van der Waals surface area (Å²) < 4.78 is 26.4. The lowest BCUT2D eigenvalue weighted by Crippen LogP contribution is -2.03. The highest BCUT2D eigenvalue weighted by Gasteiger charge is 2.13. The van der Waals surface area contributed by atoms with Crippen molar-refractivity contribution in [1.82, 2.24) is 9.97 Å². The summed E-state index contributed by atoms with van der Waals surface area (Å²) in [6, 6.07) is 3.30. The Morgan fingerprint density at radius 1 is 1.12 bits per heavy atom. The molecule has 0 unspecified atom stereocenters. The summed E-state index contributed by atoms with van der Waals surface area (Å²) in [4.78, 5) is 8.17. The minimum atomic E-state index is -0.686. The van der Waals surface area contributed by atoms with E-state index in [0.29, 0.717) is 22.9 Å². The molecule has 0 amide bonds. The van der Waals surface area contributed by atoms with Crippen molar-refractivity contribution >= 4 is 5.69 Å². The molecule has 0 atom stereocenters. The van der Waals surface area contributed by atoms with Crippen molar-refractivity contribution in [3.8, 4) is 11.3 Å². The van der Waals surface area contributed by atoms with E-state index in [2.05, 4.69) is 9.97 Å². The number of hydrogen-bond acceptors (Lipinski definition) is 3. The fourth-order valence-corrected chi connectivity index (χ4v) is 1.61. The van der Waals surface area contributed by atoms with Crippen LogP contribution in [0, 0.1) is 25.5 Å². The molecule has 0 aliphatic heterocycles. The van der Waals surface area contributed by atoms with E-state index in [1.807, 2.05) is 0 Å². The second-order valence-electron chi connectivity index (χ2n) is 3.74. The minimum Gasteiger partial charge on any atom is -0.395 e. The van der Waals surface area contributed by atoms with Gasteiger partial charge in [0.25, 0.3) is 0 Å². The summed E-state index contributed by atoms with van der Waals surface area (Å²) in [5.74, 6) is -0.822. The normalized spacial score (nSPS) is 10.6. The van der Waals surface area contributed by atoms with Gasteiger partial charge in [0.15, 0.2) is 0 Å². The molecule has 1 heterocycles. The average Bonchev–Trinajstić information content (AvgIpc) is 2.24. The predicted octanol–water partition coefficient (Wildman–Crippen LogP) is 2.62. The van der Waals surface area contributed by atoms with Crippen molar-refractivity contribution in [3.05, 3.63) is 41.4 Å². The van der Waals surface area contributed by atoms with Gasteiger partial charge in [0.2, 0.25) is 0 Å². The predicted molar refractivity (Wildman–Crippen MR) is 61.3 cm³/mol. The molecule has 0 fully saturated rings. The van der Waals surface area contributed by atoms with Gasteiger partial charge in [-0.1, -0.05) is 0 Å². The summed E-state index contributed by atoms with van der Waals surface area (Å²) in [6.07, 6.45) is 0. The third-order valence-electron chi connectivity index (χ3n) is 2.43. The van der Waals surface area contributed by atoms with Crippen molar-refractivity contribution in [2.45, 2.75) is 13.8 Å². The van der Waals surface area contributed by atoms with Gasteiger partial charge in [-0.3, -0.25) is 0 Å². The number of anilines is 1. The SMILES string of the molecule is Cc1nc(C)c(N)c(-c2ccc(F)cc2F)n1. The summed E-state index contributed by atoms with van der Waals surface area (Å²) in [5.41, 5.74) is 7.17. The number of nitrogen functional groups attached to an aromatic ring is 1. The number of halogens is 2. The number of nitrogens with two attached hydrogens (primary N) is 1. The topological polar surface area (TPSA) is 51.8 Å². The molecule has 0 radical (unpaired) electrons. The van der Waals surface area contributed by atoms with Crippen molar-refractivity contribution in [2.75, 3.05) is 5.73 Å². The lowest BCUT2D eigenvalue weighted by molar-refractivity contribution is 0.585. The first kappa shape index (κ1) is 11.4. The molecule has 0 bridgehead atoms. The summed E-state index contributed by atoms with van der Waals surface area (Å²) in [7, 11) is 0. The van der Waals surface area contributed by atoms with Gasteiger partial charge in [0.1, 0.15) is 23.2 Å². The Labute approximate surface area is 97.3 Å². The van der Waals surface area contributed by atoms with Gasteiger partial charge in [-0.15, -0.1) is 0 Å². The zero-order valence-electron chi connectivity index (χ0n) is 9.46. The van der Waals surface area contributed by atoms with Crippen molar-refractivity contribution in [2.24, 2.45) is 0 Å². The largest absolute Gasteiger partial charge is 0.395 e. The maximum Gasteiger partial charge on any atom is 0.135 e. The van der Waals surface area contributed by atoms with Gasteiger partial charge >= 0.3 is 0 Å². The van der Waals surface area contributed by atoms with Gasteiger partial charge in [-0.05, 0) is 26.0 Å². The Bertz CT molecular complexity index is 582. The Morgan fingerprint density at radius 2 is 1.82 bits per heavy atom. The summed E-state index contributed by atoms with van der Waals surface area (Å²) in [6.45, 7) is 3.41. The molecule has 2 N–H and O–H groups in total. The second kappa shape index (κ2) is 4.08. The molecular weight excluding hydrogens is 224 g/mol. The number of hydrogen-bond donors (Lipinski definition) is 1. The third-order valence-corrected chi connectivity index (χ3v) is 2.43. The molecule has 0 saturated carbocycles. The first-order valence-corrected chi connectivity index (χ1v) is 5.05. The molecule has 5 heteroatoms. The van der Waals surface area contributed by atoms with Gasteiger partial charge in [0.05, 0.1) is 11.4 Å². The van der Waals surface area contributed by atoms with Gasteiger partial charge in [0, 0.05) is 11.6 Å². The lowest BCUT2D eigenvalue weighted by atomic mass is 10.1. The van der Waals surface area contributed by atoms with E-state index in [4.69, 9.17) is 5.73 Å². The van der Waals surface area contributed by atoms with E-state index in [-0.39, 0.29) is 5.56 Å². The Kier molecular flexibility index (Phi) is 2.75. The molecule has 17 heavy (non-hydrogen) atoms. The fraction of sp³-hybridized carbons (Fsp3) is 0.167.